The quantitative estimate of drug-likeness (QED) is 0.0541. The van der Waals surface area contributed by atoms with Crippen LogP contribution in [0.2, 0.25) is 17.7 Å². The Bertz CT molecular complexity index is 1190. The fraction of sp³-hybridized carbons (Fsp3) is 0.680. The van der Waals surface area contributed by atoms with E-state index in [1.807, 2.05) is 36.4 Å². The molecule has 0 amide bonds. The van der Waals surface area contributed by atoms with Gasteiger partial charge in [0.15, 0.2) is 0 Å². The minimum atomic E-state index is -2.89. The summed E-state index contributed by atoms with van der Waals surface area (Å²) < 4.78 is 18.3. The van der Waals surface area contributed by atoms with E-state index in [9.17, 15) is 0 Å². The molecule has 0 aliphatic carbocycles. The van der Waals surface area contributed by atoms with Gasteiger partial charge in [0.25, 0.3) is 0 Å². The summed E-state index contributed by atoms with van der Waals surface area (Å²) in [5, 5.41) is 0. The van der Waals surface area contributed by atoms with E-state index in [1.54, 1.807) is 0 Å². The van der Waals surface area contributed by atoms with E-state index >= 15 is 9.59 Å². The van der Waals surface area contributed by atoms with Gasteiger partial charge in [-0.2, -0.15) is 0 Å². The van der Waals surface area contributed by atoms with Gasteiger partial charge in [0.05, 0.1) is 0 Å². The van der Waals surface area contributed by atoms with Crippen LogP contribution in [0.5, 0.6) is 0 Å². The van der Waals surface area contributed by atoms with Crippen LogP contribution in [0.15, 0.2) is 71.8 Å². The van der Waals surface area contributed by atoms with Crippen molar-refractivity contribution < 1.29 is 15.7 Å². The molecule has 316 valence electrons. The number of carbonyl (C=O) groups excluding carboxylic acids is 2. The molecule has 0 spiro atoms. The second kappa shape index (κ2) is 31.6. The Labute approximate surface area is 360 Å². The molecule has 0 N–H and O–H groups in total. The van der Waals surface area contributed by atoms with E-state index in [-0.39, 0.29) is 11.9 Å². The van der Waals surface area contributed by atoms with Crippen molar-refractivity contribution in [2.24, 2.45) is 23.7 Å². The van der Waals surface area contributed by atoms with Crippen LogP contribution in [0.1, 0.15) is 169 Å². The fourth-order valence-corrected chi connectivity index (χ4v) is 28.2. The topological polar surface area (TPSA) is 52.6 Å². The van der Waals surface area contributed by atoms with Crippen molar-refractivity contribution in [2.45, 2.75) is 189 Å². The zero-order valence-electron chi connectivity index (χ0n) is 37.4. The van der Waals surface area contributed by atoms with E-state index in [4.69, 9.17) is 6.15 Å². The zero-order chi connectivity index (χ0) is 41.0. The number of hydrogen-bond donors (Lipinski definition) is 0. The maximum absolute atomic E-state index is 15.0. The number of rotatable bonds is 32. The van der Waals surface area contributed by atoms with E-state index in [0.29, 0.717) is 47.7 Å². The van der Waals surface area contributed by atoms with Crippen LogP contribution in [0, 0.1) is 23.7 Å². The third kappa shape index (κ3) is 20.6. The Balaban J connectivity index is 2.71. The van der Waals surface area contributed by atoms with Crippen molar-refractivity contribution in [1.29, 1.82) is 0 Å². The van der Waals surface area contributed by atoms with Gasteiger partial charge < -0.3 is 0 Å². The average molecular weight is 987 g/mol. The van der Waals surface area contributed by atoms with Crippen LogP contribution in [-0.4, -0.2) is 52.3 Å². The molecule has 0 aromatic heterocycles. The summed E-state index contributed by atoms with van der Waals surface area (Å²) in [6.07, 6.45) is 19.9. The summed E-state index contributed by atoms with van der Waals surface area (Å²) in [7, 11) is 0. The number of carbonyl (C=O) groups is 2. The molecule has 2 rings (SSSR count). The molecule has 0 radical (unpaired) electrons. The molecule has 4 unspecified atom stereocenters. The summed E-state index contributed by atoms with van der Waals surface area (Å²) in [6.45, 7) is 18.3. The average Bonchev–Trinajstić information content (AvgIpc) is 3.22. The van der Waals surface area contributed by atoms with Crippen LogP contribution < -0.4 is 0 Å². The van der Waals surface area contributed by atoms with Crippen molar-refractivity contribution in [3.8, 4) is 0 Å². The molecule has 4 nitrogen and oxygen atoms in total. The molecule has 0 saturated heterocycles. The van der Waals surface area contributed by atoms with Gasteiger partial charge in [0, 0.05) is 0 Å². The molecule has 0 bridgehead atoms. The van der Waals surface area contributed by atoms with Crippen LogP contribution in [0.25, 0.3) is 0 Å². The predicted octanol–water partition coefficient (Wildman–Crippen LogP) is 14.2. The Kier molecular flexibility index (Phi) is 28.7. The number of unbranched alkanes of at least 4 members (excludes halogenated alkanes) is 4. The standard InChI is InChI=1S/C18H16O4.4C8H17.2Sn.2H/c19-17(20)15(11-13-7-3-1-4-8-13)16(18(21)22)12-14-9-5-2-6-10-14;4*1-4-6-7-8(3)5-2;;;;/h1-10H,11-12H2,(H,19,20)(H,21,22);4*8H,3-7H2,1-2H3;;;;/q;;;;;2*+1;;/p-2/b16-15-;;;;;;;;. The van der Waals surface area contributed by atoms with Crippen LogP contribution in [0.4, 0.5) is 0 Å². The first-order valence-corrected chi connectivity index (χ1v) is 35.5. The van der Waals surface area contributed by atoms with Gasteiger partial charge in [0.1, 0.15) is 0 Å². The van der Waals surface area contributed by atoms with Crippen molar-refractivity contribution >= 4 is 52.3 Å². The van der Waals surface area contributed by atoms with Crippen molar-refractivity contribution in [1.82, 2.24) is 0 Å². The Morgan fingerprint density at radius 1 is 0.446 bits per heavy atom. The summed E-state index contributed by atoms with van der Waals surface area (Å²) in [4.78, 5) is 30.0. The first-order valence-electron chi connectivity index (χ1n) is 23.5. The molecule has 0 aliphatic heterocycles. The fourth-order valence-electron chi connectivity index (χ4n) is 8.45. The summed E-state index contributed by atoms with van der Waals surface area (Å²) in [5.74, 6) is 1.96. The summed E-state index contributed by atoms with van der Waals surface area (Å²) in [5.41, 5.74) is 3.14. The van der Waals surface area contributed by atoms with Gasteiger partial charge in [-0.25, -0.2) is 0 Å². The van der Waals surface area contributed by atoms with Crippen molar-refractivity contribution in [2.75, 3.05) is 0 Å². The summed E-state index contributed by atoms with van der Waals surface area (Å²) >= 11 is -5.78. The second-order valence-electron chi connectivity index (χ2n) is 16.9. The van der Waals surface area contributed by atoms with E-state index in [1.165, 1.54) is 77.0 Å². The van der Waals surface area contributed by atoms with Gasteiger partial charge in [-0.05, 0) is 0 Å². The third-order valence-electron chi connectivity index (χ3n) is 12.4. The molecule has 0 fully saturated rings. The molecule has 0 saturated carbocycles. The third-order valence-corrected chi connectivity index (χ3v) is 29.1. The van der Waals surface area contributed by atoms with Gasteiger partial charge in [0.2, 0.25) is 0 Å². The van der Waals surface area contributed by atoms with Crippen LogP contribution in [-0.2, 0) is 28.6 Å². The van der Waals surface area contributed by atoms with Gasteiger partial charge >= 0.3 is 363 Å². The number of hydrogen-bond acceptors (Lipinski definition) is 4. The van der Waals surface area contributed by atoms with E-state index in [2.05, 4.69) is 79.7 Å². The maximum atomic E-state index is 15.0. The second-order valence-corrected chi connectivity index (χ2v) is 30.8. The van der Waals surface area contributed by atoms with Crippen molar-refractivity contribution in [3.05, 3.63) is 82.9 Å². The molecule has 0 heterocycles. The van der Waals surface area contributed by atoms with E-state index < -0.39 is 40.3 Å². The number of benzene rings is 2. The summed E-state index contributed by atoms with van der Waals surface area (Å²) in [6, 6.07) is 20.5. The molecule has 0 aliphatic rings. The molecule has 4 atom stereocenters. The molecule has 6 heteroatoms. The van der Waals surface area contributed by atoms with Gasteiger partial charge in [-0.15, -0.1) is 0 Å². The Morgan fingerprint density at radius 2 is 0.714 bits per heavy atom. The monoisotopic (exact) mass is 988 g/mol. The van der Waals surface area contributed by atoms with E-state index in [0.717, 1.165) is 54.6 Å². The Hall–Kier alpha value is -1.28. The molecule has 2 aromatic rings. The molecule has 56 heavy (non-hydrogen) atoms. The molecular weight excluding hydrogens is 902 g/mol. The zero-order valence-corrected chi connectivity index (χ0v) is 44.0. The SMILES string of the molecule is CCCCC(CC)[CH2][SnH]([CH2]C(CC)CCCC)[O]C(=O)/C(Cc1ccccc1)=C(/Cc1ccccc1)C(=O)[O][SnH]([CH2]C(CC)CCCC)[CH2]C(CC)CCCC. The minimum absolute atomic E-state index is 0.233. The molecule has 2 aromatic carbocycles. The first kappa shape index (κ1) is 50.9. The van der Waals surface area contributed by atoms with Crippen LogP contribution >= 0.6 is 0 Å². The first-order chi connectivity index (χ1) is 27.2. The molecular formula is C50H84O4Sn2. The van der Waals surface area contributed by atoms with Gasteiger partial charge in [-0.3, -0.25) is 0 Å². The van der Waals surface area contributed by atoms with Crippen LogP contribution in [0.3, 0.4) is 0 Å². The predicted molar refractivity (Wildman–Crippen MR) is 246 cm³/mol. The normalized spacial score (nSPS) is 15.3. The van der Waals surface area contributed by atoms with Crippen molar-refractivity contribution in [3.63, 3.8) is 0 Å². The Morgan fingerprint density at radius 3 is 0.946 bits per heavy atom. The van der Waals surface area contributed by atoms with Gasteiger partial charge in [-0.1, -0.05) is 0 Å².